The van der Waals surface area contributed by atoms with Gasteiger partial charge in [-0.15, -0.1) is 0 Å². The van der Waals surface area contributed by atoms with Crippen molar-refractivity contribution >= 4 is 16.9 Å². The minimum Gasteiger partial charge on any atom is -0.390 e. The molecule has 3 aromatic rings. The highest BCUT2D eigenvalue weighted by Crippen LogP contribution is 2.28. The Labute approximate surface area is 164 Å². The van der Waals surface area contributed by atoms with Crippen LogP contribution < -0.4 is 10.6 Å². The van der Waals surface area contributed by atoms with E-state index in [-0.39, 0.29) is 29.2 Å². The number of amides is 1. The highest BCUT2D eigenvalue weighted by atomic mass is 19.4. The molecular weight excluding hydrogens is 385 g/mol. The van der Waals surface area contributed by atoms with E-state index < -0.39 is 24.0 Å². The van der Waals surface area contributed by atoms with Gasteiger partial charge in [0.05, 0.1) is 17.1 Å². The number of benzene rings is 2. The minimum atomic E-state index is -4.59. The zero-order chi connectivity index (χ0) is 20.6. The number of hydrogen-bond donors (Lipinski definition) is 4. The van der Waals surface area contributed by atoms with Crippen molar-refractivity contribution < 1.29 is 23.1 Å². The summed E-state index contributed by atoms with van der Waals surface area (Å²) in [6, 6.07) is 11.8. The number of halogens is 3. The predicted octanol–water partition coefficient (Wildman–Crippen LogP) is 2.39. The Balaban J connectivity index is 1.39. The molecule has 152 valence electrons. The van der Waals surface area contributed by atoms with E-state index in [1.807, 2.05) is 24.3 Å². The molecule has 1 aliphatic rings. The summed E-state index contributed by atoms with van der Waals surface area (Å²) in [4.78, 5) is 18.0. The van der Waals surface area contributed by atoms with Crippen LogP contribution in [-0.4, -0.2) is 39.7 Å². The van der Waals surface area contributed by atoms with Gasteiger partial charge in [0.15, 0.2) is 0 Å². The van der Waals surface area contributed by atoms with E-state index in [9.17, 15) is 23.1 Å². The number of alkyl halides is 3. The molecule has 2 atom stereocenters. The van der Waals surface area contributed by atoms with Crippen molar-refractivity contribution in [2.75, 3.05) is 6.54 Å². The normalized spacial score (nSPS) is 17.7. The van der Waals surface area contributed by atoms with E-state index in [1.54, 1.807) is 0 Å². The molecule has 0 saturated carbocycles. The lowest BCUT2D eigenvalue weighted by Crippen LogP contribution is -2.49. The van der Waals surface area contributed by atoms with Crippen molar-refractivity contribution in [3.63, 3.8) is 0 Å². The Morgan fingerprint density at radius 2 is 2.00 bits per heavy atom. The lowest BCUT2D eigenvalue weighted by molar-refractivity contribution is -0.144. The van der Waals surface area contributed by atoms with Gasteiger partial charge in [-0.3, -0.25) is 4.79 Å². The van der Waals surface area contributed by atoms with Crippen molar-refractivity contribution in [1.29, 1.82) is 0 Å². The average Bonchev–Trinajstić information content (AvgIpc) is 3.15. The van der Waals surface area contributed by atoms with Gasteiger partial charge in [0.25, 0.3) is 5.91 Å². The molecule has 0 saturated heterocycles. The van der Waals surface area contributed by atoms with Crippen molar-refractivity contribution in [3.8, 4) is 0 Å². The third-order valence-corrected chi connectivity index (χ3v) is 5.06. The first-order valence-corrected chi connectivity index (χ1v) is 9.14. The third-order valence-electron chi connectivity index (χ3n) is 5.06. The van der Waals surface area contributed by atoms with E-state index in [1.165, 1.54) is 23.8 Å². The second kappa shape index (κ2) is 7.49. The molecule has 29 heavy (non-hydrogen) atoms. The molecule has 0 spiro atoms. The second-order valence-electron chi connectivity index (χ2n) is 7.05. The molecule has 9 heteroatoms. The summed E-state index contributed by atoms with van der Waals surface area (Å²) >= 11 is 0. The molecule has 1 amide bonds. The molecule has 1 unspecified atom stereocenters. The maximum Gasteiger partial charge on any atom is 0.449 e. The molecular formula is C20H19F3N4O2. The molecule has 2 aromatic carbocycles. The Kier molecular flexibility index (Phi) is 5.01. The molecule has 1 aromatic heterocycles. The van der Waals surface area contributed by atoms with E-state index in [4.69, 9.17) is 0 Å². The third kappa shape index (κ3) is 4.10. The van der Waals surface area contributed by atoms with Crippen LogP contribution >= 0.6 is 0 Å². The summed E-state index contributed by atoms with van der Waals surface area (Å²) in [6.45, 7) is 0.664. The summed E-state index contributed by atoms with van der Waals surface area (Å²) in [5.41, 5.74) is 2.77. The number of carbonyl (C=O) groups excluding carboxylic acids is 1. The van der Waals surface area contributed by atoms with E-state index in [0.29, 0.717) is 13.0 Å². The summed E-state index contributed by atoms with van der Waals surface area (Å²) in [6.07, 6.45) is -4.75. The standard InChI is InChI=1S/C20H19F3N4O2/c21-20(22,23)19-26-14-6-5-12(8-15(14)27-19)18(29)25-10-17(28)16-7-11-3-1-2-4-13(11)9-24-16/h1-6,8,16-17,24,28H,7,9-10H2,(H,25,29)(H,26,27)/t16-,17?/m0/s1. The van der Waals surface area contributed by atoms with Gasteiger partial charge in [0.2, 0.25) is 5.82 Å². The van der Waals surface area contributed by atoms with Crippen molar-refractivity contribution in [3.05, 3.63) is 65.0 Å². The number of hydrogen-bond acceptors (Lipinski definition) is 4. The van der Waals surface area contributed by atoms with Crippen LogP contribution in [0.15, 0.2) is 42.5 Å². The lowest BCUT2D eigenvalue weighted by atomic mass is 9.93. The lowest BCUT2D eigenvalue weighted by Gasteiger charge is -2.30. The molecule has 6 nitrogen and oxygen atoms in total. The quantitative estimate of drug-likeness (QED) is 0.538. The van der Waals surface area contributed by atoms with Crippen LogP contribution in [0.4, 0.5) is 13.2 Å². The van der Waals surface area contributed by atoms with Gasteiger partial charge >= 0.3 is 6.18 Å². The maximum absolute atomic E-state index is 12.8. The number of H-pyrrole nitrogens is 1. The first kappa shape index (κ1) is 19.4. The van der Waals surface area contributed by atoms with Gasteiger partial charge in [-0.1, -0.05) is 24.3 Å². The molecule has 0 radical (unpaired) electrons. The van der Waals surface area contributed by atoms with Crippen molar-refractivity contribution in [2.45, 2.75) is 31.3 Å². The summed E-state index contributed by atoms with van der Waals surface area (Å²) in [5, 5.41) is 16.3. The number of aliphatic hydroxyl groups excluding tert-OH is 1. The van der Waals surface area contributed by atoms with Gasteiger partial charge in [-0.05, 0) is 35.7 Å². The summed E-state index contributed by atoms with van der Waals surface area (Å²) in [5.74, 6) is -1.59. The maximum atomic E-state index is 12.8. The topological polar surface area (TPSA) is 90.0 Å². The fraction of sp³-hybridized carbons (Fsp3) is 0.300. The second-order valence-corrected chi connectivity index (χ2v) is 7.05. The van der Waals surface area contributed by atoms with Crippen LogP contribution in [0.2, 0.25) is 0 Å². The van der Waals surface area contributed by atoms with E-state index in [2.05, 4.69) is 20.6 Å². The van der Waals surface area contributed by atoms with Gasteiger partial charge in [0, 0.05) is 24.7 Å². The van der Waals surface area contributed by atoms with Crippen LogP contribution in [0.25, 0.3) is 11.0 Å². The Morgan fingerprint density at radius 3 is 2.76 bits per heavy atom. The van der Waals surface area contributed by atoms with Gasteiger partial charge in [-0.2, -0.15) is 13.2 Å². The highest BCUT2D eigenvalue weighted by molar-refractivity contribution is 5.97. The first-order valence-electron chi connectivity index (χ1n) is 9.14. The molecule has 4 N–H and O–H groups in total. The number of imidazole rings is 1. The van der Waals surface area contributed by atoms with Crippen molar-refractivity contribution in [2.24, 2.45) is 0 Å². The molecule has 0 aliphatic carbocycles. The van der Waals surface area contributed by atoms with Crippen LogP contribution in [-0.2, 0) is 19.1 Å². The number of aliphatic hydroxyl groups is 1. The highest BCUT2D eigenvalue weighted by Gasteiger charge is 2.34. The SMILES string of the molecule is O=C(NCC(O)[C@@H]1Cc2ccccc2CN1)c1ccc2nc(C(F)(F)F)[nH]c2c1. The number of rotatable bonds is 4. The minimum absolute atomic E-state index is 0.0213. The van der Waals surface area contributed by atoms with Crippen LogP contribution in [0.1, 0.15) is 27.3 Å². The fourth-order valence-electron chi connectivity index (χ4n) is 3.48. The number of carbonyl (C=O) groups is 1. The monoisotopic (exact) mass is 404 g/mol. The Morgan fingerprint density at radius 1 is 1.24 bits per heavy atom. The predicted molar refractivity (Wildman–Crippen MR) is 100 cm³/mol. The van der Waals surface area contributed by atoms with Gasteiger partial charge < -0.3 is 20.7 Å². The van der Waals surface area contributed by atoms with Crippen LogP contribution in [0, 0.1) is 0 Å². The summed E-state index contributed by atoms with van der Waals surface area (Å²) in [7, 11) is 0. The molecule has 0 bridgehead atoms. The molecule has 1 aliphatic heterocycles. The van der Waals surface area contributed by atoms with Crippen molar-refractivity contribution in [1.82, 2.24) is 20.6 Å². The fourth-order valence-corrected chi connectivity index (χ4v) is 3.48. The smallest absolute Gasteiger partial charge is 0.390 e. The molecule has 4 rings (SSSR count). The van der Waals surface area contributed by atoms with Gasteiger partial charge in [-0.25, -0.2) is 4.98 Å². The van der Waals surface area contributed by atoms with Crippen LogP contribution in [0.5, 0.6) is 0 Å². The average molecular weight is 404 g/mol. The Hall–Kier alpha value is -2.91. The van der Waals surface area contributed by atoms with E-state index in [0.717, 1.165) is 5.56 Å². The molecule has 2 heterocycles. The van der Waals surface area contributed by atoms with E-state index >= 15 is 0 Å². The number of nitrogens with zero attached hydrogens (tertiary/aromatic N) is 1. The first-order chi connectivity index (χ1) is 13.8. The number of fused-ring (bicyclic) bond motifs is 2. The zero-order valence-electron chi connectivity index (χ0n) is 15.3. The van der Waals surface area contributed by atoms with Crippen LogP contribution in [0.3, 0.4) is 0 Å². The number of nitrogens with one attached hydrogen (secondary N) is 3. The number of aromatic amines is 1. The largest absolute Gasteiger partial charge is 0.449 e. The Bertz CT molecular complexity index is 1050. The molecule has 0 fully saturated rings. The summed E-state index contributed by atoms with van der Waals surface area (Å²) < 4.78 is 38.3. The van der Waals surface area contributed by atoms with Gasteiger partial charge in [0.1, 0.15) is 0 Å². The zero-order valence-corrected chi connectivity index (χ0v) is 15.3. The number of aromatic nitrogens is 2.